The van der Waals surface area contributed by atoms with E-state index < -0.39 is 10.0 Å². The molecule has 23 heavy (non-hydrogen) atoms. The molecule has 0 aromatic rings. The second kappa shape index (κ2) is 6.03. The van der Waals surface area contributed by atoms with Crippen molar-refractivity contribution in [1.82, 2.24) is 19.0 Å². The third kappa shape index (κ3) is 3.22. The normalized spacial score (nSPS) is 29.0. The first kappa shape index (κ1) is 16.7. The van der Waals surface area contributed by atoms with E-state index in [1.54, 1.807) is 11.9 Å². The molecule has 3 fully saturated rings. The fourth-order valence-corrected chi connectivity index (χ4v) is 4.68. The Bertz CT molecular complexity index is 600. The quantitative estimate of drug-likeness (QED) is 0.602. The summed E-state index contributed by atoms with van der Waals surface area (Å²) in [6, 6.07) is -0.103. The third-order valence-electron chi connectivity index (χ3n) is 5.17. The highest BCUT2D eigenvalue weighted by atomic mass is 32.2. The average molecular weight is 344 g/mol. The standard InChI is InChI=1S/C14H24N4O4S/c1-15-10-13(19)18-8-7-16(9-12(18)14(15)20)11-3-5-17(6-4-11)23(2,21)22/h11-12H,3-10H2,1-2H3/t12-/m0/s1. The van der Waals surface area contributed by atoms with Crippen LogP contribution in [0.15, 0.2) is 0 Å². The molecule has 0 N–H and O–H groups in total. The fourth-order valence-electron chi connectivity index (χ4n) is 3.81. The maximum Gasteiger partial charge on any atom is 0.246 e. The van der Waals surface area contributed by atoms with Gasteiger partial charge in [0.2, 0.25) is 21.8 Å². The number of hydrogen-bond acceptors (Lipinski definition) is 5. The first-order valence-electron chi connectivity index (χ1n) is 8.01. The summed E-state index contributed by atoms with van der Waals surface area (Å²) in [5, 5.41) is 0. The summed E-state index contributed by atoms with van der Waals surface area (Å²) in [5.74, 6) is 0.0199. The molecule has 3 aliphatic rings. The Morgan fingerprint density at radius 2 is 1.70 bits per heavy atom. The van der Waals surface area contributed by atoms with Gasteiger partial charge in [-0.3, -0.25) is 14.5 Å². The number of carbonyl (C=O) groups excluding carboxylic acids is 2. The zero-order chi connectivity index (χ0) is 16.8. The lowest BCUT2D eigenvalue weighted by molar-refractivity contribution is -0.159. The zero-order valence-electron chi connectivity index (χ0n) is 13.6. The Kier molecular flexibility index (Phi) is 4.37. The molecule has 0 bridgehead atoms. The lowest BCUT2D eigenvalue weighted by Crippen LogP contribution is -2.67. The molecular weight excluding hydrogens is 320 g/mol. The first-order chi connectivity index (χ1) is 10.8. The van der Waals surface area contributed by atoms with Gasteiger partial charge in [0.1, 0.15) is 6.04 Å². The molecule has 0 aromatic heterocycles. The number of nitrogens with zero attached hydrogens (tertiary/aromatic N) is 4. The van der Waals surface area contributed by atoms with Gasteiger partial charge in [0.15, 0.2) is 0 Å². The molecule has 0 saturated carbocycles. The molecule has 3 saturated heterocycles. The van der Waals surface area contributed by atoms with Crippen LogP contribution in [-0.2, 0) is 19.6 Å². The molecule has 0 spiro atoms. The molecule has 2 amide bonds. The molecule has 0 unspecified atom stereocenters. The lowest BCUT2D eigenvalue weighted by atomic mass is 10.00. The van der Waals surface area contributed by atoms with E-state index in [1.165, 1.54) is 15.5 Å². The number of amides is 2. The molecule has 9 heteroatoms. The van der Waals surface area contributed by atoms with Gasteiger partial charge in [0.05, 0.1) is 12.8 Å². The minimum Gasteiger partial charge on any atom is -0.335 e. The summed E-state index contributed by atoms with van der Waals surface area (Å²) in [4.78, 5) is 29.8. The fraction of sp³-hybridized carbons (Fsp3) is 0.857. The smallest absolute Gasteiger partial charge is 0.246 e. The number of carbonyl (C=O) groups is 2. The van der Waals surface area contributed by atoms with Crippen LogP contribution < -0.4 is 0 Å². The van der Waals surface area contributed by atoms with Crippen molar-refractivity contribution >= 4 is 21.8 Å². The van der Waals surface area contributed by atoms with Crippen molar-refractivity contribution < 1.29 is 18.0 Å². The highest BCUT2D eigenvalue weighted by Gasteiger charge is 2.43. The Hall–Kier alpha value is -1.19. The minimum absolute atomic E-state index is 0.00266. The summed E-state index contributed by atoms with van der Waals surface area (Å²) >= 11 is 0. The Morgan fingerprint density at radius 1 is 1.04 bits per heavy atom. The number of hydrogen-bond donors (Lipinski definition) is 0. The van der Waals surface area contributed by atoms with Crippen LogP contribution in [0.25, 0.3) is 0 Å². The predicted octanol–water partition coefficient (Wildman–Crippen LogP) is -1.60. The summed E-state index contributed by atoms with van der Waals surface area (Å²) in [6.07, 6.45) is 2.80. The topological polar surface area (TPSA) is 81.2 Å². The predicted molar refractivity (Wildman–Crippen MR) is 84.1 cm³/mol. The number of piperazine rings is 2. The lowest BCUT2D eigenvalue weighted by Gasteiger charge is -2.48. The van der Waals surface area contributed by atoms with Gasteiger partial charge in [-0.25, -0.2) is 12.7 Å². The van der Waals surface area contributed by atoms with Crippen LogP contribution in [-0.4, -0.2) is 104 Å². The first-order valence-corrected chi connectivity index (χ1v) is 9.86. The van der Waals surface area contributed by atoms with Crippen molar-refractivity contribution in [3.05, 3.63) is 0 Å². The summed E-state index contributed by atoms with van der Waals surface area (Å²) < 4.78 is 24.7. The van der Waals surface area contributed by atoms with E-state index in [0.29, 0.717) is 26.2 Å². The maximum absolute atomic E-state index is 12.3. The molecule has 3 heterocycles. The van der Waals surface area contributed by atoms with Crippen LogP contribution in [0.1, 0.15) is 12.8 Å². The summed E-state index contributed by atoms with van der Waals surface area (Å²) in [5.41, 5.74) is 0. The van der Waals surface area contributed by atoms with E-state index in [0.717, 1.165) is 19.4 Å². The third-order valence-corrected chi connectivity index (χ3v) is 6.48. The Morgan fingerprint density at radius 3 is 2.30 bits per heavy atom. The van der Waals surface area contributed by atoms with Crippen LogP contribution in [0.5, 0.6) is 0 Å². The molecule has 3 rings (SSSR count). The van der Waals surface area contributed by atoms with Gasteiger partial charge in [-0.1, -0.05) is 0 Å². The van der Waals surface area contributed by atoms with Crippen LogP contribution in [0.2, 0.25) is 0 Å². The molecule has 0 radical (unpaired) electrons. The number of fused-ring (bicyclic) bond motifs is 1. The molecule has 130 valence electrons. The van der Waals surface area contributed by atoms with Gasteiger partial charge < -0.3 is 9.80 Å². The van der Waals surface area contributed by atoms with E-state index in [1.807, 2.05) is 0 Å². The van der Waals surface area contributed by atoms with Crippen molar-refractivity contribution in [3.8, 4) is 0 Å². The number of rotatable bonds is 2. The van der Waals surface area contributed by atoms with E-state index in [-0.39, 0.29) is 30.4 Å². The van der Waals surface area contributed by atoms with Gasteiger partial charge in [-0.15, -0.1) is 0 Å². The largest absolute Gasteiger partial charge is 0.335 e. The van der Waals surface area contributed by atoms with E-state index in [2.05, 4.69) is 4.90 Å². The van der Waals surface area contributed by atoms with Crippen molar-refractivity contribution in [2.45, 2.75) is 24.9 Å². The molecule has 0 aliphatic carbocycles. The number of piperidine rings is 1. The van der Waals surface area contributed by atoms with Crippen LogP contribution in [0, 0.1) is 0 Å². The highest BCUT2D eigenvalue weighted by molar-refractivity contribution is 7.88. The van der Waals surface area contributed by atoms with E-state index >= 15 is 0 Å². The summed E-state index contributed by atoms with van der Waals surface area (Å²) in [7, 11) is -1.45. The maximum atomic E-state index is 12.3. The molecular formula is C14H24N4O4S. The SMILES string of the molecule is CN1CC(=O)N2CCN(C3CCN(S(C)(=O)=O)CC3)C[C@H]2C1=O. The van der Waals surface area contributed by atoms with Gasteiger partial charge in [-0.2, -0.15) is 0 Å². The van der Waals surface area contributed by atoms with Crippen molar-refractivity contribution in [1.29, 1.82) is 0 Å². The summed E-state index contributed by atoms with van der Waals surface area (Å²) in [6.45, 7) is 3.11. The zero-order valence-corrected chi connectivity index (χ0v) is 14.5. The molecule has 0 aromatic carbocycles. The van der Waals surface area contributed by atoms with Crippen LogP contribution >= 0.6 is 0 Å². The average Bonchev–Trinajstić information content (AvgIpc) is 2.51. The van der Waals surface area contributed by atoms with Gasteiger partial charge in [0.25, 0.3) is 0 Å². The highest BCUT2D eigenvalue weighted by Crippen LogP contribution is 2.24. The number of likely N-dealkylation sites (N-methyl/N-ethyl adjacent to an activating group) is 1. The van der Waals surface area contributed by atoms with Crippen molar-refractivity contribution in [2.24, 2.45) is 0 Å². The molecule has 3 aliphatic heterocycles. The van der Waals surface area contributed by atoms with Gasteiger partial charge in [0, 0.05) is 45.8 Å². The number of sulfonamides is 1. The Balaban J connectivity index is 1.63. The molecule has 1 atom stereocenters. The molecule has 8 nitrogen and oxygen atoms in total. The van der Waals surface area contributed by atoms with E-state index in [9.17, 15) is 18.0 Å². The Labute approximate surface area is 137 Å². The van der Waals surface area contributed by atoms with Crippen LogP contribution in [0.3, 0.4) is 0 Å². The monoisotopic (exact) mass is 344 g/mol. The minimum atomic E-state index is -3.12. The second-order valence-corrected chi connectivity index (χ2v) is 8.67. The van der Waals surface area contributed by atoms with Gasteiger partial charge >= 0.3 is 0 Å². The van der Waals surface area contributed by atoms with Gasteiger partial charge in [-0.05, 0) is 12.8 Å². The van der Waals surface area contributed by atoms with Crippen molar-refractivity contribution in [2.75, 3.05) is 52.6 Å². The van der Waals surface area contributed by atoms with Crippen molar-refractivity contribution in [3.63, 3.8) is 0 Å². The van der Waals surface area contributed by atoms with Crippen LogP contribution in [0.4, 0.5) is 0 Å². The van der Waals surface area contributed by atoms with E-state index in [4.69, 9.17) is 0 Å². The second-order valence-electron chi connectivity index (χ2n) is 6.69.